The highest BCUT2D eigenvalue weighted by atomic mass is 16.6. The molecule has 0 saturated carbocycles. The number of nitro groups is 1. The first-order valence-electron chi connectivity index (χ1n) is 4.02. The fourth-order valence-electron chi connectivity index (χ4n) is 1.23. The molecule has 67 valence electrons. The van der Waals surface area contributed by atoms with Crippen LogP contribution in [0.4, 0.5) is 5.69 Å². The first kappa shape index (κ1) is 8.19. The van der Waals surface area contributed by atoms with Gasteiger partial charge in [-0.3, -0.25) is 10.1 Å². The number of rotatable bonds is 3. The molecule has 1 aliphatic heterocycles. The van der Waals surface area contributed by atoms with Crippen molar-refractivity contribution in [3.8, 4) is 0 Å². The van der Waals surface area contributed by atoms with Gasteiger partial charge in [0.05, 0.1) is 17.6 Å². The Kier molecular flexibility index (Phi) is 1.98. The Bertz CT molecular complexity index is 333. The van der Waals surface area contributed by atoms with Crippen molar-refractivity contribution in [2.24, 2.45) is 0 Å². The van der Waals surface area contributed by atoms with Gasteiger partial charge in [0.1, 0.15) is 0 Å². The van der Waals surface area contributed by atoms with E-state index in [4.69, 9.17) is 4.74 Å². The van der Waals surface area contributed by atoms with E-state index in [2.05, 4.69) is 6.07 Å². The molecule has 0 aliphatic carbocycles. The molecule has 0 spiro atoms. The molecule has 1 aliphatic rings. The van der Waals surface area contributed by atoms with Crippen LogP contribution < -0.4 is 0 Å². The Morgan fingerprint density at radius 1 is 1.77 bits per heavy atom. The van der Waals surface area contributed by atoms with Crippen molar-refractivity contribution < 1.29 is 9.66 Å². The van der Waals surface area contributed by atoms with Crippen LogP contribution in [0.5, 0.6) is 0 Å². The smallest absolute Gasteiger partial charge is 0.273 e. The highest BCUT2D eigenvalue weighted by Gasteiger charge is 2.26. The van der Waals surface area contributed by atoms with Gasteiger partial charge in [-0.2, -0.15) is 0 Å². The minimum absolute atomic E-state index is 0.137. The lowest BCUT2D eigenvalue weighted by Crippen LogP contribution is -1.98. The SMILES string of the molecule is O=[N+]([O-])c1c[c]ccc1C[C@@H]1CO1. The molecule has 1 radical (unpaired) electrons. The third-order valence-corrected chi connectivity index (χ3v) is 1.98. The summed E-state index contributed by atoms with van der Waals surface area (Å²) in [6.45, 7) is 0.718. The van der Waals surface area contributed by atoms with Gasteiger partial charge in [-0.05, 0) is 6.07 Å². The van der Waals surface area contributed by atoms with Gasteiger partial charge in [0.15, 0.2) is 0 Å². The molecule has 1 aromatic rings. The minimum atomic E-state index is -0.381. The molecule has 0 N–H and O–H groups in total. The van der Waals surface area contributed by atoms with Gasteiger partial charge in [-0.15, -0.1) is 0 Å². The largest absolute Gasteiger partial charge is 0.373 e. The average molecular weight is 178 g/mol. The van der Waals surface area contributed by atoms with Gasteiger partial charge < -0.3 is 4.74 Å². The summed E-state index contributed by atoms with van der Waals surface area (Å²) in [6, 6.07) is 7.50. The van der Waals surface area contributed by atoms with E-state index in [1.54, 1.807) is 12.1 Å². The lowest BCUT2D eigenvalue weighted by molar-refractivity contribution is -0.385. The van der Waals surface area contributed by atoms with E-state index >= 15 is 0 Å². The van der Waals surface area contributed by atoms with Crippen LogP contribution in [0, 0.1) is 16.2 Å². The molecular formula is C9H8NO3. The average Bonchev–Trinajstić information content (AvgIpc) is 2.89. The predicted octanol–water partition coefficient (Wildman–Crippen LogP) is 1.34. The van der Waals surface area contributed by atoms with Crippen molar-refractivity contribution in [1.29, 1.82) is 0 Å². The molecule has 1 saturated heterocycles. The van der Waals surface area contributed by atoms with E-state index in [9.17, 15) is 10.1 Å². The fraction of sp³-hybridized carbons (Fsp3) is 0.333. The molecule has 0 bridgehead atoms. The Labute approximate surface area is 75.3 Å². The van der Waals surface area contributed by atoms with Crippen LogP contribution in [0.3, 0.4) is 0 Å². The van der Waals surface area contributed by atoms with Crippen LogP contribution in [0.25, 0.3) is 0 Å². The summed E-state index contributed by atoms with van der Waals surface area (Å²) in [4.78, 5) is 10.2. The van der Waals surface area contributed by atoms with Crippen molar-refractivity contribution in [3.63, 3.8) is 0 Å². The van der Waals surface area contributed by atoms with Gasteiger partial charge in [-0.1, -0.05) is 12.1 Å². The highest BCUT2D eigenvalue weighted by molar-refractivity contribution is 5.39. The second-order valence-electron chi connectivity index (χ2n) is 2.97. The third-order valence-electron chi connectivity index (χ3n) is 1.98. The molecule has 2 rings (SSSR count). The molecule has 4 heteroatoms. The number of nitrogens with zero attached hydrogens (tertiary/aromatic N) is 1. The summed E-state index contributed by atoms with van der Waals surface area (Å²) < 4.78 is 5.01. The molecule has 0 amide bonds. The van der Waals surface area contributed by atoms with Gasteiger partial charge in [0.2, 0.25) is 0 Å². The zero-order valence-electron chi connectivity index (χ0n) is 6.90. The van der Waals surface area contributed by atoms with Crippen LogP contribution in [0.1, 0.15) is 5.56 Å². The Balaban J connectivity index is 2.25. The van der Waals surface area contributed by atoms with Gasteiger partial charge in [0, 0.05) is 18.1 Å². The Morgan fingerprint density at radius 2 is 2.54 bits per heavy atom. The van der Waals surface area contributed by atoms with Crippen molar-refractivity contribution in [2.75, 3.05) is 6.61 Å². The second-order valence-corrected chi connectivity index (χ2v) is 2.97. The lowest BCUT2D eigenvalue weighted by Gasteiger charge is -1.98. The van der Waals surface area contributed by atoms with E-state index in [1.165, 1.54) is 6.07 Å². The first-order chi connectivity index (χ1) is 6.27. The van der Waals surface area contributed by atoms with E-state index in [0.29, 0.717) is 6.42 Å². The monoisotopic (exact) mass is 178 g/mol. The number of nitro benzene ring substituents is 1. The van der Waals surface area contributed by atoms with Crippen LogP contribution in [-0.2, 0) is 11.2 Å². The van der Waals surface area contributed by atoms with Crippen molar-refractivity contribution in [1.82, 2.24) is 0 Å². The Hall–Kier alpha value is -1.42. The quantitative estimate of drug-likeness (QED) is 0.398. The van der Waals surface area contributed by atoms with Crippen LogP contribution in [-0.4, -0.2) is 17.6 Å². The van der Waals surface area contributed by atoms with E-state index in [0.717, 1.165) is 12.2 Å². The number of benzene rings is 1. The van der Waals surface area contributed by atoms with Crippen LogP contribution in [0.2, 0.25) is 0 Å². The van der Waals surface area contributed by atoms with Crippen LogP contribution >= 0.6 is 0 Å². The summed E-state index contributed by atoms with van der Waals surface area (Å²) in [5.74, 6) is 0. The predicted molar refractivity (Wildman–Crippen MR) is 45.4 cm³/mol. The topological polar surface area (TPSA) is 55.7 Å². The summed E-state index contributed by atoms with van der Waals surface area (Å²) >= 11 is 0. The van der Waals surface area contributed by atoms with Gasteiger partial charge in [0.25, 0.3) is 5.69 Å². The minimum Gasteiger partial charge on any atom is -0.373 e. The molecule has 0 unspecified atom stereocenters. The van der Waals surface area contributed by atoms with Crippen molar-refractivity contribution in [2.45, 2.75) is 12.5 Å². The summed E-state index contributed by atoms with van der Waals surface area (Å²) in [5.41, 5.74) is 0.865. The standard InChI is InChI=1S/C9H8NO3/c11-10(12)9-4-2-1-3-7(9)5-8-6-13-8/h1,3-4,8H,5-6H2/t8-/m1/s1. The lowest BCUT2D eigenvalue weighted by atomic mass is 10.1. The van der Waals surface area contributed by atoms with E-state index < -0.39 is 0 Å². The number of hydrogen-bond donors (Lipinski definition) is 0. The van der Waals surface area contributed by atoms with Crippen LogP contribution in [0.15, 0.2) is 18.2 Å². The van der Waals surface area contributed by atoms with Gasteiger partial charge in [-0.25, -0.2) is 0 Å². The molecule has 1 fully saturated rings. The maximum Gasteiger partial charge on any atom is 0.273 e. The normalized spacial score (nSPS) is 19.8. The van der Waals surface area contributed by atoms with E-state index in [1.807, 2.05) is 0 Å². The first-order valence-corrected chi connectivity index (χ1v) is 4.02. The molecule has 1 atom stereocenters. The van der Waals surface area contributed by atoms with E-state index in [-0.39, 0.29) is 16.7 Å². The van der Waals surface area contributed by atoms with Crippen molar-refractivity contribution >= 4 is 5.69 Å². The molecule has 4 nitrogen and oxygen atoms in total. The van der Waals surface area contributed by atoms with Gasteiger partial charge >= 0.3 is 0 Å². The summed E-state index contributed by atoms with van der Waals surface area (Å²) in [6.07, 6.45) is 0.812. The number of ether oxygens (including phenoxy) is 1. The molecule has 0 aromatic heterocycles. The summed E-state index contributed by atoms with van der Waals surface area (Å²) in [5, 5.41) is 10.6. The number of hydrogen-bond acceptors (Lipinski definition) is 3. The fourth-order valence-corrected chi connectivity index (χ4v) is 1.23. The molecule has 1 aromatic carbocycles. The molecular weight excluding hydrogens is 170 g/mol. The molecule has 13 heavy (non-hydrogen) atoms. The maximum atomic E-state index is 10.6. The van der Waals surface area contributed by atoms with Crippen molar-refractivity contribution in [3.05, 3.63) is 39.9 Å². The maximum absolute atomic E-state index is 10.6. The Morgan fingerprint density at radius 3 is 3.15 bits per heavy atom. The number of epoxide rings is 1. The highest BCUT2D eigenvalue weighted by Crippen LogP contribution is 2.23. The third kappa shape index (κ3) is 1.84. The summed E-state index contributed by atoms with van der Waals surface area (Å²) in [7, 11) is 0. The second kappa shape index (κ2) is 3.14. The zero-order chi connectivity index (χ0) is 9.26. The zero-order valence-corrected chi connectivity index (χ0v) is 6.90. The molecule has 1 heterocycles.